The fourth-order valence-corrected chi connectivity index (χ4v) is 1.92. The normalized spacial score (nSPS) is 13.1. The van der Waals surface area contributed by atoms with Crippen LogP contribution < -0.4 is 10.1 Å². The minimum Gasteiger partial charge on any atom is -0.497 e. The van der Waals surface area contributed by atoms with Gasteiger partial charge in [-0.3, -0.25) is 10.1 Å². The first kappa shape index (κ1) is 16.7. The third-order valence-electron chi connectivity index (χ3n) is 3.03. The molecule has 0 saturated heterocycles. The Labute approximate surface area is 123 Å². The van der Waals surface area contributed by atoms with Crippen LogP contribution in [-0.4, -0.2) is 36.7 Å². The minimum absolute atomic E-state index is 0.174. The van der Waals surface area contributed by atoms with E-state index >= 15 is 0 Å². The van der Waals surface area contributed by atoms with Gasteiger partial charge in [0.25, 0.3) is 0 Å². The molecule has 0 aromatic heterocycles. The lowest BCUT2D eigenvalue weighted by molar-refractivity contribution is -0.523. The number of carbonyl (C=O) groups is 1. The van der Waals surface area contributed by atoms with Gasteiger partial charge in [-0.15, -0.1) is 0 Å². The van der Waals surface area contributed by atoms with Gasteiger partial charge in [0.05, 0.1) is 13.7 Å². The van der Waals surface area contributed by atoms with Crippen molar-refractivity contribution in [3.05, 3.63) is 34.4 Å². The van der Waals surface area contributed by atoms with Gasteiger partial charge in [-0.25, -0.2) is 4.79 Å². The smallest absolute Gasteiger partial charge is 0.335 e. The van der Waals surface area contributed by atoms with E-state index in [0.29, 0.717) is 11.4 Å². The van der Waals surface area contributed by atoms with Gasteiger partial charge in [0.1, 0.15) is 5.75 Å². The monoisotopic (exact) mass is 296 g/mol. The number of esters is 1. The Kier molecular flexibility index (Phi) is 6.45. The number of methoxy groups -OCH3 is 1. The Bertz CT molecular complexity index is 475. The van der Waals surface area contributed by atoms with E-state index in [-0.39, 0.29) is 13.0 Å². The lowest BCUT2D eigenvalue weighted by atomic mass is 10.1. The standard InChI is InChI=1S/C14H20N2O5/c1-4-12(16(18)19)13(14(17)21-5-2)15-10-6-8-11(20-3)9-7-10/h6-9,12-13,15H,4-5H2,1-3H3/t12-,13-/m1/s1. The molecule has 21 heavy (non-hydrogen) atoms. The number of hydrogen-bond acceptors (Lipinski definition) is 6. The summed E-state index contributed by atoms with van der Waals surface area (Å²) in [5, 5.41) is 14.0. The number of nitrogens with zero attached hydrogens (tertiary/aromatic N) is 1. The molecule has 1 aromatic carbocycles. The van der Waals surface area contributed by atoms with E-state index in [2.05, 4.69) is 5.32 Å². The Morgan fingerprint density at radius 2 is 1.95 bits per heavy atom. The van der Waals surface area contributed by atoms with Crippen molar-refractivity contribution in [2.75, 3.05) is 19.0 Å². The van der Waals surface area contributed by atoms with Crippen LogP contribution in [0.4, 0.5) is 5.69 Å². The van der Waals surface area contributed by atoms with Crippen molar-refractivity contribution >= 4 is 11.7 Å². The Hall–Kier alpha value is -2.31. The van der Waals surface area contributed by atoms with Crippen LogP contribution in [-0.2, 0) is 9.53 Å². The summed E-state index contributed by atoms with van der Waals surface area (Å²) in [6, 6.07) is 4.72. The lowest BCUT2D eigenvalue weighted by Crippen LogP contribution is -2.45. The van der Waals surface area contributed by atoms with Crippen molar-refractivity contribution < 1.29 is 19.2 Å². The van der Waals surface area contributed by atoms with Crippen LogP contribution in [0.3, 0.4) is 0 Å². The molecule has 2 atom stereocenters. The summed E-state index contributed by atoms with van der Waals surface area (Å²) >= 11 is 0. The fourth-order valence-electron chi connectivity index (χ4n) is 1.92. The molecule has 0 radical (unpaired) electrons. The van der Waals surface area contributed by atoms with E-state index < -0.39 is 23.0 Å². The first-order valence-corrected chi connectivity index (χ1v) is 6.74. The van der Waals surface area contributed by atoms with Gasteiger partial charge in [0, 0.05) is 17.0 Å². The van der Waals surface area contributed by atoms with Crippen LogP contribution in [0.15, 0.2) is 24.3 Å². The van der Waals surface area contributed by atoms with Crippen LogP contribution >= 0.6 is 0 Å². The highest BCUT2D eigenvalue weighted by Crippen LogP contribution is 2.18. The van der Waals surface area contributed by atoms with Crippen molar-refractivity contribution in [3.63, 3.8) is 0 Å². The maximum Gasteiger partial charge on any atom is 0.335 e. The van der Waals surface area contributed by atoms with E-state index in [1.54, 1.807) is 45.2 Å². The maximum absolute atomic E-state index is 12.0. The zero-order valence-corrected chi connectivity index (χ0v) is 12.4. The lowest BCUT2D eigenvalue weighted by Gasteiger charge is -2.21. The third kappa shape index (κ3) is 4.62. The number of benzene rings is 1. The highest BCUT2D eigenvalue weighted by atomic mass is 16.6. The van der Waals surface area contributed by atoms with Gasteiger partial charge in [-0.1, -0.05) is 6.92 Å². The first-order valence-electron chi connectivity index (χ1n) is 6.74. The summed E-state index contributed by atoms with van der Waals surface area (Å²) in [5.41, 5.74) is 0.592. The molecule has 1 N–H and O–H groups in total. The van der Waals surface area contributed by atoms with E-state index in [0.717, 1.165) is 0 Å². The fraction of sp³-hybridized carbons (Fsp3) is 0.500. The zero-order valence-electron chi connectivity index (χ0n) is 12.4. The van der Waals surface area contributed by atoms with Gasteiger partial charge in [-0.05, 0) is 31.2 Å². The zero-order chi connectivity index (χ0) is 15.8. The topological polar surface area (TPSA) is 90.7 Å². The van der Waals surface area contributed by atoms with Gasteiger partial charge >= 0.3 is 5.97 Å². The molecule has 0 amide bonds. The second kappa shape index (κ2) is 8.08. The van der Waals surface area contributed by atoms with Crippen LogP contribution in [0.2, 0.25) is 0 Å². The summed E-state index contributed by atoms with van der Waals surface area (Å²) in [5.74, 6) is 0.0337. The molecular formula is C14H20N2O5. The molecule has 0 heterocycles. The average molecular weight is 296 g/mol. The quantitative estimate of drug-likeness (QED) is 0.449. The van der Waals surface area contributed by atoms with Crippen LogP contribution in [0.25, 0.3) is 0 Å². The van der Waals surface area contributed by atoms with Gasteiger partial charge < -0.3 is 14.8 Å². The van der Waals surface area contributed by atoms with Crippen LogP contribution in [0.5, 0.6) is 5.75 Å². The molecule has 0 saturated carbocycles. The molecule has 1 rings (SSSR count). The molecule has 1 aromatic rings. The predicted molar refractivity (Wildman–Crippen MR) is 78.1 cm³/mol. The number of hydrogen-bond donors (Lipinski definition) is 1. The molecule has 7 nitrogen and oxygen atoms in total. The molecule has 0 bridgehead atoms. The SMILES string of the molecule is CCOC(=O)[C@H](Nc1ccc(OC)cc1)[C@@H](CC)[N+](=O)[O-]. The van der Waals surface area contributed by atoms with Crippen molar-refractivity contribution in [1.82, 2.24) is 0 Å². The van der Waals surface area contributed by atoms with Gasteiger partial charge in [0.15, 0.2) is 6.04 Å². The van der Waals surface area contributed by atoms with Gasteiger partial charge in [-0.2, -0.15) is 0 Å². The summed E-state index contributed by atoms with van der Waals surface area (Å²) in [6.45, 7) is 3.50. The predicted octanol–water partition coefficient (Wildman–Crippen LogP) is 2.09. The number of ether oxygens (including phenoxy) is 2. The number of carbonyl (C=O) groups excluding carboxylic acids is 1. The van der Waals surface area contributed by atoms with Crippen molar-refractivity contribution in [2.45, 2.75) is 32.4 Å². The molecule has 0 aliphatic heterocycles. The Morgan fingerprint density at radius 3 is 2.38 bits per heavy atom. The second-order valence-electron chi connectivity index (χ2n) is 4.36. The van der Waals surface area contributed by atoms with E-state index in [4.69, 9.17) is 9.47 Å². The maximum atomic E-state index is 12.0. The molecule has 116 valence electrons. The molecule has 0 unspecified atom stereocenters. The van der Waals surface area contributed by atoms with Crippen LogP contribution in [0, 0.1) is 10.1 Å². The number of nitro groups is 1. The van der Waals surface area contributed by atoms with Crippen molar-refractivity contribution in [1.29, 1.82) is 0 Å². The Balaban J connectivity index is 2.94. The number of rotatable bonds is 8. The second-order valence-corrected chi connectivity index (χ2v) is 4.36. The average Bonchev–Trinajstić information content (AvgIpc) is 2.47. The molecule has 0 fully saturated rings. The summed E-state index contributed by atoms with van der Waals surface area (Å²) < 4.78 is 9.96. The van der Waals surface area contributed by atoms with Crippen molar-refractivity contribution in [3.8, 4) is 5.75 Å². The molecule has 0 aliphatic carbocycles. The molecule has 0 aliphatic rings. The highest BCUT2D eigenvalue weighted by molar-refractivity contribution is 5.80. The summed E-state index contributed by atoms with van der Waals surface area (Å²) in [7, 11) is 1.55. The number of anilines is 1. The van der Waals surface area contributed by atoms with E-state index in [1.807, 2.05) is 0 Å². The summed E-state index contributed by atoms with van der Waals surface area (Å²) in [6.07, 6.45) is 0.222. The number of nitrogens with one attached hydrogen (secondary N) is 1. The van der Waals surface area contributed by atoms with E-state index in [9.17, 15) is 14.9 Å². The molecule has 7 heteroatoms. The minimum atomic E-state index is -1.05. The first-order chi connectivity index (χ1) is 10.0. The van der Waals surface area contributed by atoms with E-state index in [1.165, 1.54) is 0 Å². The Morgan fingerprint density at radius 1 is 1.33 bits per heavy atom. The third-order valence-corrected chi connectivity index (χ3v) is 3.03. The molecular weight excluding hydrogens is 276 g/mol. The highest BCUT2D eigenvalue weighted by Gasteiger charge is 2.36. The van der Waals surface area contributed by atoms with Gasteiger partial charge in [0.2, 0.25) is 6.04 Å². The van der Waals surface area contributed by atoms with Crippen LogP contribution in [0.1, 0.15) is 20.3 Å². The summed E-state index contributed by atoms with van der Waals surface area (Å²) in [4.78, 5) is 22.6. The van der Waals surface area contributed by atoms with Crippen molar-refractivity contribution in [2.24, 2.45) is 0 Å². The molecule has 0 spiro atoms. The largest absolute Gasteiger partial charge is 0.497 e.